The summed E-state index contributed by atoms with van der Waals surface area (Å²) >= 11 is 0. The van der Waals surface area contributed by atoms with E-state index < -0.39 is 17.1 Å². The minimum Gasteiger partial charge on any atom is -0.477 e. The number of nitrogens with two attached hydrogens (primary N) is 1. The topological polar surface area (TPSA) is 85.3 Å². The number of aromatic nitrogens is 1. The van der Waals surface area contributed by atoms with Gasteiger partial charge in [-0.25, -0.2) is 4.79 Å². The number of benzene rings is 1. The second-order valence-corrected chi connectivity index (χ2v) is 3.82. The maximum atomic E-state index is 12.1. The van der Waals surface area contributed by atoms with Crippen molar-refractivity contribution in [2.45, 2.75) is 6.54 Å². The Hall–Kier alpha value is -2.56. The summed E-state index contributed by atoms with van der Waals surface area (Å²) in [7, 11) is 0. The molecule has 0 bridgehead atoms. The predicted molar refractivity (Wildman–Crippen MR) is 69.8 cm³/mol. The molecule has 18 heavy (non-hydrogen) atoms. The second kappa shape index (κ2) is 4.37. The van der Waals surface area contributed by atoms with E-state index in [0.29, 0.717) is 10.9 Å². The van der Waals surface area contributed by atoms with E-state index in [1.807, 2.05) is 0 Å². The van der Waals surface area contributed by atoms with E-state index in [4.69, 9.17) is 10.8 Å². The van der Waals surface area contributed by atoms with Crippen molar-refractivity contribution in [1.82, 2.24) is 4.57 Å². The smallest absolute Gasteiger partial charge is 0.343 e. The first-order chi connectivity index (χ1) is 8.57. The van der Waals surface area contributed by atoms with Crippen molar-refractivity contribution in [3.63, 3.8) is 0 Å². The molecule has 0 saturated carbocycles. The van der Waals surface area contributed by atoms with Crippen LogP contribution in [0.2, 0.25) is 0 Å². The first-order valence-electron chi connectivity index (χ1n) is 5.33. The average Bonchev–Trinajstić information content (AvgIpc) is 2.34. The fraction of sp³-hybridized carbons (Fsp3) is 0.0769. The van der Waals surface area contributed by atoms with E-state index in [1.54, 1.807) is 24.3 Å². The second-order valence-electron chi connectivity index (χ2n) is 3.82. The third kappa shape index (κ3) is 1.66. The Kier molecular flexibility index (Phi) is 2.89. The van der Waals surface area contributed by atoms with Crippen LogP contribution in [-0.4, -0.2) is 15.6 Å². The minimum atomic E-state index is -1.32. The van der Waals surface area contributed by atoms with Crippen LogP contribution in [0.5, 0.6) is 0 Å². The average molecular weight is 244 g/mol. The van der Waals surface area contributed by atoms with Gasteiger partial charge in [0.25, 0.3) is 5.56 Å². The molecule has 2 aromatic rings. The van der Waals surface area contributed by atoms with Crippen molar-refractivity contribution in [1.29, 1.82) is 0 Å². The molecule has 0 saturated heterocycles. The molecular weight excluding hydrogens is 232 g/mol. The molecule has 1 heterocycles. The number of allylic oxidation sites excluding steroid dienone is 1. The fourth-order valence-electron chi connectivity index (χ4n) is 1.95. The van der Waals surface area contributed by atoms with Crippen LogP contribution in [0.25, 0.3) is 10.9 Å². The van der Waals surface area contributed by atoms with Crippen molar-refractivity contribution in [2.24, 2.45) is 0 Å². The molecule has 0 fully saturated rings. The lowest BCUT2D eigenvalue weighted by Crippen LogP contribution is -2.28. The van der Waals surface area contributed by atoms with Gasteiger partial charge in [-0.3, -0.25) is 4.79 Å². The molecule has 0 unspecified atom stereocenters. The van der Waals surface area contributed by atoms with Crippen molar-refractivity contribution in [2.75, 3.05) is 5.73 Å². The van der Waals surface area contributed by atoms with Gasteiger partial charge in [-0.05, 0) is 6.07 Å². The van der Waals surface area contributed by atoms with Crippen LogP contribution >= 0.6 is 0 Å². The van der Waals surface area contributed by atoms with E-state index in [-0.39, 0.29) is 12.2 Å². The van der Waals surface area contributed by atoms with Crippen LogP contribution in [-0.2, 0) is 6.54 Å². The molecule has 5 heteroatoms. The lowest BCUT2D eigenvalue weighted by Gasteiger charge is -2.12. The molecular formula is C13H12N2O3. The molecule has 92 valence electrons. The summed E-state index contributed by atoms with van der Waals surface area (Å²) < 4.78 is 1.35. The number of hydrogen-bond acceptors (Lipinski definition) is 3. The van der Waals surface area contributed by atoms with Gasteiger partial charge in [0.1, 0.15) is 5.56 Å². The monoisotopic (exact) mass is 244 g/mol. The summed E-state index contributed by atoms with van der Waals surface area (Å²) in [5.41, 5.74) is 5.37. The summed E-state index contributed by atoms with van der Waals surface area (Å²) in [6, 6.07) is 6.92. The Labute approximate surface area is 103 Å². The lowest BCUT2D eigenvalue weighted by atomic mass is 10.1. The molecule has 0 aliphatic carbocycles. The Bertz CT molecular complexity index is 701. The normalized spacial score (nSPS) is 10.4. The molecule has 1 aromatic heterocycles. The fourth-order valence-corrected chi connectivity index (χ4v) is 1.95. The van der Waals surface area contributed by atoms with Crippen molar-refractivity contribution >= 4 is 22.6 Å². The van der Waals surface area contributed by atoms with Gasteiger partial charge in [-0.1, -0.05) is 24.3 Å². The third-order valence-electron chi connectivity index (χ3n) is 2.74. The largest absolute Gasteiger partial charge is 0.477 e. The lowest BCUT2D eigenvalue weighted by molar-refractivity contribution is 0.0696. The Morgan fingerprint density at radius 3 is 2.72 bits per heavy atom. The van der Waals surface area contributed by atoms with Crippen LogP contribution in [0.3, 0.4) is 0 Å². The summed E-state index contributed by atoms with van der Waals surface area (Å²) in [5, 5.41) is 9.63. The quantitative estimate of drug-likeness (QED) is 0.800. The number of carboxylic acids is 1. The summed E-state index contributed by atoms with van der Waals surface area (Å²) in [5.74, 6) is -1.32. The minimum absolute atomic E-state index is 0.00316. The molecule has 0 spiro atoms. The molecule has 3 N–H and O–H groups in total. The summed E-state index contributed by atoms with van der Waals surface area (Å²) in [4.78, 5) is 23.2. The molecule has 5 nitrogen and oxygen atoms in total. The SMILES string of the molecule is C=CCn1c(=O)c(C(=O)O)c(N)c2ccccc21. The molecule has 2 rings (SSSR count). The number of rotatable bonds is 3. The zero-order valence-electron chi connectivity index (χ0n) is 9.59. The number of carboxylic acid groups (broad SMARTS) is 1. The number of hydrogen-bond donors (Lipinski definition) is 2. The van der Waals surface area contributed by atoms with Gasteiger partial charge in [0, 0.05) is 11.9 Å². The maximum Gasteiger partial charge on any atom is 0.343 e. The van der Waals surface area contributed by atoms with Gasteiger partial charge in [0.05, 0.1) is 11.2 Å². The number of aromatic carboxylic acids is 1. The van der Waals surface area contributed by atoms with Crippen LogP contribution in [0.15, 0.2) is 41.7 Å². The number of carbonyl (C=O) groups is 1. The maximum absolute atomic E-state index is 12.1. The Morgan fingerprint density at radius 2 is 2.11 bits per heavy atom. The van der Waals surface area contributed by atoms with Gasteiger partial charge in [0.15, 0.2) is 0 Å². The third-order valence-corrected chi connectivity index (χ3v) is 2.74. The van der Waals surface area contributed by atoms with E-state index in [1.165, 1.54) is 10.6 Å². The van der Waals surface area contributed by atoms with E-state index in [0.717, 1.165) is 0 Å². The number of fused-ring (bicyclic) bond motifs is 1. The first-order valence-corrected chi connectivity index (χ1v) is 5.33. The van der Waals surface area contributed by atoms with E-state index in [9.17, 15) is 9.59 Å². The van der Waals surface area contributed by atoms with Crippen molar-refractivity contribution in [3.05, 3.63) is 52.8 Å². The number of para-hydroxylation sites is 1. The van der Waals surface area contributed by atoms with Crippen LogP contribution in [0, 0.1) is 0 Å². The Balaban J connectivity index is 3.01. The van der Waals surface area contributed by atoms with Gasteiger partial charge in [-0.15, -0.1) is 6.58 Å². The highest BCUT2D eigenvalue weighted by atomic mass is 16.4. The van der Waals surface area contributed by atoms with Crippen LogP contribution < -0.4 is 11.3 Å². The van der Waals surface area contributed by atoms with E-state index in [2.05, 4.69) is 6.58 Å². The highest BCUT2D eigenvalue weighted by Crippen LogP contribution is 2.22. The standard InChI is InChI=1S/C13H12N2O3/c1-2-7-15-9-6-4-3-5-8(9)11(14)10(12(15)16)13(17)18/h2-6H,1,7,14H2,(H,17,18). The number of nitrogen functional groups attached to an aromatic ring is 1. The zero-order chi connectivity index (χ0) is 13.3. The number of nitrogens with zero attached hydrogens (tertiary/aromatic N) is 1. The first kappa shape index (κ1) is 11.9. The molecule has 0 aliphatic heterocycles. The summed E-state index contributed by atoms with van der Waals surface area (Å²) in [6.07, 6.45) is 1.54. The molecule has 0 aliphatic rings. The molecule has 0 amide bonds. The van der Waals surface area contributed by atoms with Crippen LogP contribution in [0.1, 0.15) is 10.4 Å². The summed E-state index contributed by atoms with van der Waals surface area (Å²) in [6.45, 7) is 3.80. The van der Waals surface area contributed by atoms with Crippen molar-refractivity contribution in [3.8, 4) is 0 Å². The van der Waals surface area contributed by atoms with Crippen molar-refractivity contribution < 1.29 is 9.90 Å². The van der Waals surface area contributed by atoms with Gasteiger partial charge >= 0.3 is 5.97 Å². The zero-order valence-corrected chi connectivity index (χ0v) is 9.59. The van der Waals surface area contributed by atoms with Crippen LogP contribution in [0.4, 0.5) is 5.69 Å². The van der Waals surface area contributed by atoms with Gasteiger partial charge in [0.2, 0.25) is 0 Å². The Morgan fingerprint density at radius 1 is 1.44 bits per heavy atom. The van der Waals surface area contributed by atoms with Gasteiger partial charge in [-0.2, -0.15) is 0 Å². The highest BCUT2D eigenvalue weighted by molar-refractivity contribution is 6.03. The number of anilines is 1. The molecule has 0 atom stereocenters. The highest BCUT2D eigenvalue weighted by Gasteiger charge is 2.19. The molecule has 0 radical (unpaired) electrons. The molecule has 1 aromatic carbocycles. The van der Waals surface area contributed by atoms with E-state index >= 15 is 0 Å². The predicted octanol–water partition coefficient (Wildman–Crippen LogP) is 1.47. The van der Waals surface area contributed by atoms with Gasteiger partial charge < -0.3 is 15.4 Å². The number of pyridine rings is 1.